The summed E-state index contributed by atoms with van der Waals surface area (Å²) in [6.45, 7) is 1.71. The molecule has 100 valence electrons. The van der Waals surface area contributed by atoms with Gasteiger partial charge in [-0.15, -0.1) is 5.10 Å². The topological polar surface area (TPSA) is 98.7 Å². The fraction of sp³-hybridized carbons (Fsp3) is 0.333. The maximum Gasteiger partial charge on any atom is 0.269 e. The Morgan fingerprint density at radius 2 is 2.32 bits per heavy atom. The number of carbonyl (C=O) groups excluding carboxylic acids is 1. The van der Waals surface area contributed by atoms with Gasteiger partial charge in [0, 0.05) is 32.0 Å². The van der Waals surface area contributed by atoms with Gasteiger partial charge in [0.15, 0.2) is 0 Å². The van der Waals surface area contributed by atoms with Crippen LogP contribution in [0, 0.1) is 0 Å². The van der Waals surface area contributed by atoms with Crippen molar-refractivity contribution in [1.82, 2.24) is 25.3 Å². The molecule has 0 atom stereocenters. The third kappa shape index (κ3) is 3.85. The number of hydrogen-bond donors (Lipinski definition) is 2. The van der Waals surface area contributed by atoms with Crippen LogP contribution in [0.15, 0.2) is 30.7 Å². The molecule has 0 fully saturated rings. The van der Waals surface area contributed by atoms with Crippen LogP contribution in [0.2, 0.25) is 0 Å². The van der Waals surface area contributed by atoms with Gasteiger partial charge in [-0.05, 0) is 18.1 Å². The minimum Gasteiger partial charge on any atom is -0.351 e. The van der Waals surface area contributed by atoms with E-state index in [4.69, 9.17) is 5.73 Å². The zero-order chi connectivity index (χ0) is 13.5. The first-order valence-electron chi connectivity index (χ1n) is 6.07. The van der Waals surface area contributed by atoms with Crippen LogP contribution in [0.25, 0.3) is 0 Å². The van der Waals surface area contributed by atoms with E-state index in [1.807, 2.05) is 0 Å². The van der Waals surface area contributed by atoms with E-state index in [9.17, 15) is 4.79 Å². The summed E-state index contributed by atoms with van der Waals surface area (Å²) >= 11 is 0. The number of nitrogens with zero attached hydrogens (tertiary/aromatic N) is 4. The standard InChI is InChI=1S/C12H16N6O/c13-8-10-2-3-11(15-9-10)12(19)14-4-1-6-18-7-5-16-17-18/h2-3,5,7,9H,1,4,6,8,13H2,(H,14,19). The van der Waals surface area contributed by atoms with E-state index in [-0.39, 0.29) is 5.91 Å². The van der Waals surface area contributed by atoms with Gasteiger partial charge in [0.1, 0.15) is 5.69 Å². The van der Waals surface area contributed by atoms with Crippen molar-refractivity contribution in [1.29, 1.82) is 0 Å². The predicted molar refractivity (Wildman–Crippen MR) is 69.1 cm³/mol. The first-order valence-corrected chi connectivity index (χ1v) is 6.07. The van der Waals surface area contributed by atoms with Crippen molar-refractivity contribution in [2.75, 3.05) is 6.54 Å². The number of nitrogens with two attached hydrogens (primary N) is 1. The van der Waals surface area contributed by atoms with Crippen LogP contribution >= 0.6 is 0 Å². The molecule has 7 heteroatoms. The third-order valence-electron chi connectivity index (χ3n) is 2.61. The zero-order valence-corrected chi connectivity index (χ0v) is 10.5. The van der Waals surface area contributed by atoms with E-state index in [1.165, 1.54) is 0 Å². The highest BCUT2D eigenvalue weighted by molar-refractivity contribution is 5.92. The van der Waals surface area contributed by atoms with Crippen LogP contribution in [0.3, 0.4) is 0 Å². The van der Waals surface area contributed by atoms with Gasteiger partial charge in [-0.2, -0.15) is 0 Å². The van der Waals surface area contributed by atoms with Gasteiger partial charge in [-0.25, -0.2) is 0 Å². The molecule has 0 saturated carbocycles. The summed E-state index contributed by atoms with van der Waals surface area (Å²) in [6.07, 6.45) is 5.82. The van der Waals surface area contributed by atoms with E-state index in [2.05, 4.69) is 20.6 Å². The van der Waals surface area contributed by atoms with Crippen molar-refractivity contribution >= 4 is 5.91 Å². The minimum absolute atomic E-state index is 0.179. The van der Waals surface area contributed by atoms with E-state index in [0.29, 0.717) is 18.8 Å². The maximum absolute atomic E-state index is 11.8. The molecule has 2 aromatic heterocycles. The van der Waals surface area contributed by atoms with Gasteiger partial charge >= 0.3 is 0 Å². The van der Waals surface area contributed by atoms with Crippen molar-refractivity contribution in [3.63, 3.8) is 0 Å². The Labute approximate surface area is 110 Å². The van der Waals surface area contributed by atoms with Crippen LogP contribution in [0.5, 0.6) is 0 Å². The molecular weight excluding hydrogens is 244 g/mol. The second-order valence-corrected chi connectivity index (χ2v) is 4.03. The molecule has 0 bridgehead atoms. The van der Waals surface area contributed by atoms with Crippen molar-refractivity contribution in [2.45, 2.75) is 19.5 Å². The molecular formula is C12H16N6O. The summed E-state index contributed by atoms with van der Waals surface area (Å²) in [5.41, 5.74) is 6.77. The Morgan fingerprint density at radius 3 is 2.95 bits per heavy atom. The SMILES string of the molecule is NCc1ccc(C(=O)NCCCn2ccnn2)nc1. The molecule has 0 aliphatic carbocycles. The molecule has 0 spiro atoms. The van der Waals surface area contributed by atoms with E-state index < -0.39 is 0 Å². The zero-order valence-electron chi connectivity index (χ0n) is 10.5. The molecule has 0 unspecified atom stereocenters. The number of nitrogens with one attached hydrogen (secondary N) is 1. The van der Waals surface area contributed by atoms with Gasteiger partial charge in [0.2, 0.25) is 0 Å². The average molecular weight is 260 g/mol. The smallest absolute Gasteiger partial charge is 0.269 e. The Hall–Kier alpha value is -2.28. The van der Waals surface area contributed by atoms with Gasteiger partial charge < -0.3 is 11.1 Å². The summed E-state index contributed by atoms with van der Waals surface area (Å²) < 4.78 is 1.72. The monoisotopic (exact) mass is 260 g/mol. The van der Waals surface area contributed by atoms with Crippen LogP contribution < -0.4 is 11.1 Å². The first-order chi connectivity index (χ1) is 9.29. The predicted octanol–water partition coefficient (Wildman–Crippen LogP) is -0.0481. The average Bonchev–Trinajstić information content (AvgIpc) is 2.96. The normalized spacial score (nSPS) is 10.4. The molecule has 0 aliphatic rings. The summed E-state index contributed by atoms with van der Waals surface area (Å²) in [5.74, 6) is -0.179. The molecule has 2 aromatic rings. The van der Waals surface area contributed by atoms with Crippen LogP contribution in [0.4, 0.5) is 0 Å². The second kappa shape index (κ2) is 6.60. The summed E-state index contributed by atoms with van der Waals surface area (Å²) in [7, 11) is 0. The van der Waals surface area contributed by atoms with Gasteiger partial charge in [-0.3, -0.25) is 14.5 Å². The molecule has 2 heterocycles. The molecule has 0 saturated heterocycles. The first kappa shape index (κ1) is 13.2. The Bertz CT molecular complexity index is 508. The van der Waals surface area contributed by atoms with Crippen molar-refractivity contribution in [2.24, 2.45) is 5.73 Å². The molecule has 7 nitrogen and oxygen atoms in total. The number of rotatable bonds is 6. The van der Waals surface area contributed by atoms with E-state index >= 15 is 0 Å². The summed E-state index contributed by atoms with van der Waals surface area (Å²) in [5, 5.41) is 10.3. The van der Waals surface area contributed by atoms with Crippen LogP contribution in [-0.2, 0) is 13.1 Å². The number of amides is 1. The van der Waals surface area contributed by atoms with Crippen LogP contribution in [-0.4, -0.2) is 32.4 Å². The molecule has 0 radical (unpaired) electrons. The lowest BCUT2D eigenvalue weighted by atomic mass is 10.2. The van der Waals surface area contributed by atoms with Crippen LogP contribution in [0.1, 0.15) is 22.5 Å². The minimum atomic E-state index is -0.179. The van der Waals surface area contributed by atoms with Gasteiger partial charge in [0.25, 0.3) is 5.91 Å². The van der Waals surface area contributed by atoms with Gasteiger partial charge in [-0.1, -0.05) is 11.3 Å². The number of aryl methyl sites for hydroxylation is 1. The fourth-order valence-corrected chi connectivity index (χ4v) is 1.57. The van der Waals surface area contributed by atoms with Crippen molar-refractivity contribution in [3.05, 3.63) is 42.0 Å². The second-order valence-electron chi connectivity index (χ2n) is 4.03. The van der Waals surface area contributed by atoms with Gasteiger partial charge in [0.05, 0.1) is 6.20 Å². The molecule has 3 N–H and O–H groups in total. The maximum atomic E-state index is 11.8. The van der Waals surface area contributed by atoms with E-state index in [1.54, 1.807) is 35.4 Å². The third-order valence-corrected chi connectivity index (χ3v) is 2.61. The van der Waals surface area contributed by atoms with Crippen molar-refractivity contribution < 1.29 is 4.79 Å². The summed E-state index contributed by atoms with van der Waals surface area (Å²) in [6, 6.07) is 3.48. The number of aromatic nitrogens is 4. The van der Waals surface area contributed by atoms with Crippen molar-refractivity contribution in [3.8, 4) is 0 Å². The Balaban J connectivity index is 1.74. The summed E-state index contributed by atoms with van der Waals surface area (Å²) in [4.78, 5) is 15.8. The highest BCUT2D eigenvalue weighted by Crippen LogP contribution is 1.99. The lowest BCUT2D eigenvalue weighted by Crippen LogP contribution is -2.26. The molecule has 19 heavy (non-hydrogen) atoms. The highest BCUT2D eigenvalue weighted by Gasteiger charge is 2.05. The molecule has 0 aliphatic heterocycles. The number of hydrogen-bond acceptors (Lipinski definition) is 5. The molecule has 0 aromatic carbocycles. The lowest BCUT2D eigenvalue weighted by molar-refractivity contribution is 0.0947. The Morgan fingerprint density at radius 1 is 1.42 bits per heavy atom. The Kier molecular flexibility index (Phi) is 4.57. The highest BCUT2D eigenvalue weighted by atomic mass is 16.1. The fourth-order valence-electron chi connectivity index (χ4n) is 1.57. The van der Waals surface area contributed by atoms with E-state index in [0.717, 1.165) is 18.5 Å². The quantitative estimate of drug-likeness (QED) is 0.710. The lowest BCUT2D eigenvalue weighted by Gasteiger charge is -2.05. The number of pyridine rings is 1. The largest absolute Gasteiger partial charge is 0.351 e. The molecule has 2 rings (SSSR count). The molecule has 1 amide bonds. The number of carbonyl (C=O) groups is 1.